The lowest BCUT2D eigenvalue weighted by molar-refractivity contribution is 0.0525. The number of aromatic nitrogens is 1. The fourth-order valence-electron chi connectivity index (χ4n) is 2.56. The van der Waals surface area contributed by atoms with E-state index in [1.165, 1.54) is 6.20 Å². The minimum Gasteiger partial charge on any atom is -0.462 e. The Morgan fingerprint density at radius 3 is 2.76 bits per heavy atom. The molecule has 0 N–H and O–H groups in total. The molecule has 2 aromatic rings. The first-order chi connectivity index (χ1) is 11.9. The molecule has 0 aliphatic carbocycles. The molecule has 2 rings (SSSR count). The summed E-state index contributed by atoms with van der Waals surface area (Å²) in [6.45, 7) is 8.66. The summed E-state index contributed by atoms with van der Waals surface area (Å²) in [5.41, 5.74) is 4.73. The van der Waals surface area contributed by atoms with Gasteiger partial charge < -0.3 is 9.64 Å². The van der Waals surface area contributed by atoms with Gasteiger partial charge in [0, 0.05) is 31.0 Å². The summed E-state index contributed by atoms with van der Waals surface area (Å²) in [4.78, 5) is 18.0. The molecule has 0 radical (unpaired) electrons. The quantitative estimate of drug-likeness (QED) is 0.688. The minimum atomic E-state index is -0.352. The van der Waals surface area contributed by atoms with Gasteiger partial charge in [0.15, 0.2) is 0 Å². The van der Waals surface area contributed by atoms with Crippen LogP contribution < -0.4 is 0 Å². The van der Waals surface area contributed by atoms with E-state index in [2.05, 4.69) is 24.6 Å². The van der Waals surface area contributed by atoms with Crippen LogP contribution in [0.25, 0.3) is 0 Å². The van der Waals surface area contributed by atoms with Crippen molar-refractivity contribution in [2.24, 2.45) is 0 Å². The van der Waals surface area contributed by atoms with E-state index in [-0.39, 0.29) is 5.97 Å². The van der Waals surface area contributed by atoms with Crippen molar-refractivity contribution < 1.29 is 9.53 Å². The molecule has 0 bridgehead atoms. The van der Waals surface area contributed by atoms with E-state index in [9.17, 15) is 4.79 Å². The van der Waals surface area contributed by atoms with E-state index in [0.29, 0.717) is 25.1 Å². The number of halogens is 1. The molecule has 132 valence electrons. The second kappa shape index (κ2) is 8.67. The van der Waals surface area contributed by atoms with Gasteiger partial charge in [0.1, 0.15) is 0 Å². The van der Waals surface area contributed by atoms with E-state index >= 15 is 0 Å². The smallest absolute Gasteiger partial charge is 0.339 e. The Labute approximate surface area is 154 Å². The van der Waals surface area contributed by atoms with Crippen molar-refractivity contribution >= 4 is 17.6 Å². The van der Waals surface area contributed by atoms with E-state index in [1.54, 1.807) is 19.3 Å². The second-order valence-electron chi connectivity index (χ2n) is 5.95. The number of aryl methyl sites for hydroxylation is 1. The van der Waals surface area contributed by atoms with Gasteiger partial charge in [-0.3, -0.25) is 4.98 Å². The van der Waals surface area contributed by atoms with Crippen molar-refractivity contribution in [1.82, 2.24) is 9.88 Å². The highest BCUT2D eigenvalue weighted by Gasteiger charge is 2.11. The number of hydrogen-bond acceptors (Lipinski definition) is 4. The summed E-state index contributed by atoms with van der Waals surface area (Å²) < 4.78 is 5.03. The number of pyridine rings is 1. The summed E-state index contributed by atoms with van der Waals surface area (Å²) in [7, 11) is 1.96. The first-order valence-corrected chi connectivity index (χ1v) is 8.54. The van der Waals surface area contributed by atoms with Crippen molar-refractivity contribution in [2.45, 2.75) is 26.8 Å². The van der Waals surface area contributed by atoms with Crippen molar-refractivity contribution in [3.05, 3.63) is 76.2 Å². The van der Waals surface area contributed by atoms with Gasteiger partial charge in [-0.2, -0.15) is 0 Å². The Morgan fingerprint density at radius 1 is 1.32 bits per heavy atom. The molecule has 0 spiro atoms. The van der Waals surface area contributed by atoms with Gasteiger partial charge >= 0.3 is 5.97 Å². The Morgan fingerprint density at radius 2 is 2.08 bits per heavy atom. The van der Waals surface area contributed by atoms with Crippen LogP contribution in [-0.2, 0) is 17.7 Å². The SMILES string of the molecule is C=CN(C)Cc1cc(C)c(Cc2cncc(C(=O)OCC)c2)cc1Cl. The van der Waals surface area contributed by atoms with Crippen molar-refractivity contribution in [3.63, 3.8) is 0 Å². The van der Waals surface area contributed by atoms with Crippen molar-refractivity contribution in [3.8, 4) is 0 Å². The third kappa shape index (κ3) is 5.07. The van der Waals surface area contributed by atoms with Gasteiger partial charge in [0.2, 0.25) is 0 Å². The zero-order chi connectivity index (χ0) is 18.4. The third-order valence-corrected chi connectivity index (χ3v) is 4.29. The number of ether oxygens (including phenoxy) is 1. The average Bonchev–Trinajstić information content (AvgIpc) is 2.59. The fraction of sp³-hybridized carbons (Fsp3) is 0.300. The maximum absolute atomic E-state index is 11.9. The summed E-state index contributed by atoms with van der Waals surface area (Å²) in [6.07, 6.45) is 5.71. The van der Waals surface area contributed by atoms with Crippen LogP contribution in [-0.4, -0.2) is 29.5 Å². The Kier molecular flexibility index (Phi) is 6.59. The molecule has 4 nitrogen and oxygen atoms in total. The molecule has 0 amide bonds. The van der Waals surface area contributed by atoms with Gasteiger partial charge in [-0.25, -0.2) is 4.79 Å². The van der Waals surface area contributed by atoms with Crippen LogP contribution in [0.15, 0.2) is 43.4 Å². The maximum Gasteiger partial charge on any atom is 0.339 e. The van der Waals surface area contributed by atoms with Crippen LogP contribution >= 0.6 is 11.6 Å². The Hall–Kier alpha value is -2.33. The van der Waals surface area contributed by atoms with Crippen LogP contribution in [0.2, 0.25) is 5.02 Å². The number of carbonyl (C=O) groups is 1. The van der Waals surface area contributed by atoms with Gasteiger partial charge in [0.25, 0.3) is 0 Å². The van der Waals surface area contributed by atoms with E-state index < -0.39 is 0 Å². The van der Waals surface area contributed by atoms with Crippen LogP contribution in [0, 0.1) is 6.92 Å². The topological polar surface area (TPSA) is 42.4 Å². The highest BCUT2D eigenvalue weighted by molar-refractivity contribution is 6.31. The zero-order valence-corrected chi connectivity index (χ0v) is 15.6. The largest absolute Gasteiger partial charge is 0.462 e. The monoisotopic (exact) mass is 358 g/mol. The van der Waals surface area contributed by atoms with Crippen molar-refractivity contribution in [2.75, 3.05) is 13.7 Å². The van der Waals surface area contributed by atoms with Crippen LogP contribution in [0.5, 0.6) is 0 Å². The van der Waals surface area contributed by atoms with E-state index in [1.807, 2.05) is 24.1 Å². The van der Waals surface area contributed by atoms with Gasteiger partial charge in [-0.1, -0.05) is 24.2 Å². The van der Waals surface area contributed by atoms with Gasteiger partial charge in [-0.05, 0) is 60.9 Å². The molecule has 1 heterocycles. The lowest BCUT2D eigenvalue weighted by Gasteiger charge is -2.17. The number of nitrogens with zero attached hydrogens (tertiary/aromatic N) is 2. The molecule has 0 aliphatic rings. The predicted molar refractivity (Wildman–Crippen MR) is 101 cm³/mol. The third-order valence-electron chi connectivity index (χ3n) is 3.94. The molecule has 1 aromatic heterocycles. The predicted octanol–water partition coefficient (Wildman–Crippen LogP) is 4.39. The average molecular weight is 359 g/mol. The first kappa shape index (κ1) is 19.0. The summed E-state index contributed by atoms with van der Waals surface area (Å²) in [5.74, 6) is -0.352. The van der Waals surface area contributed by atoms with Crippen LogP contribution in [0.3, 0.4) is 0 Å². The summed E-state index contributed by atoms with van der Waals surface area (Å²) >= 11 is 6.44. The summed E-state index contributed by atoms with van der Waals surface area (Å²) in [6, 6.07) is 5.90. The number of carbonyl (C=O) groups excluding carboxylic acids is 1. The molecule has 0 saturated heterocycles. The summed E-state index contributed by atoms with van der Waals surface area (Å²) in [5, 5.41) is 0.726. The van der Waals surface area contributed by atoms with Crippen LogP contribution in [0.1, 0.15) is 39.5 Å². The molecular formula is C20H23ClN2O2. The molecule has 25 heavy (non-hydrogen) atoms. The highest BCUT2D eigenvalue weighted by Crippen LogP contribution is 2.24. The number of benzene rings is 1. The lowest BCUT2D eigenvalue weighted by Crippen LogP contribution is -2.10. The van der Waals surface area contributed by atoms with E-state index in [0.717, 1.165) is 27.3 Å². The first-order valence-electron chi connectivity index (χ1n) is 8.16. The minimum absolute atomic E-state index is 0.346. The Bertz CT molecular complexity index is 774. The Balaban J connectivity index is 2.23. The van der Waals surface area contributed by atoms with Crippen LogP contribution in [0.4, 0.5) is 0 Å². The molecule has 1 aromatic carbocycles. The van der Waals surface area contributed by atoms with Gasteiger partial charge in [0.05, 0.1) is 12.2 Å². The number of hydrogen-bond donors (Lipinski definition) is 0. The fourth-order valence-corrected chi connectivity index (χ4v) is 2.80. The maximum atomic E-state index is 11.9. The molecular weight excluding hydrogens is 336 g/mol. The highest BCUT2D eigenvalue weighted by atomic mass is 35.5. The van der Waals surface area contributed by atoms with Crippen molar-refractivity contribution in [1.29, 1.82) is 0 Å². The molecule has 0 saturated carbocycles. The number of rotatable bonds is 7. The second-order valence-corrected chi connectivity index (χ2v) is 6.35. The molecule has 0 atom stereocenters. The zero-order valence-electron chi connectivity index (χ0n) is 14.9. The molecule has 0 unspecified atom stereocenters. The normalized spacial score (nSPS) is 10.4. The van der Waals surface area contributed by atoms with E-state index in [4.69, 9.17) is 16.3 Å². The molecule has 0 fully saturated rings. The van der Waals surface area contributed by atoms with Gasteiger partial charge in [-0.15, -0.1) is 0 Å². The molecule has 5 heteroatoms. The molecule has 0 aliphatic heterocycles. The number of esters is 1. The lowest BCUT2D eigenvalue weighted by atomic mass is 9.98. The standard InChI is InChI=1S/C20H23ClN2O2/c1-5-23(4)13-18-7-14(3)16(10-19(18)21)8-15-9-17(12-22-11-15)20(24)25-6-2/h5,7,9-12H,1,6,8,13H2,2-4H3.